The first-order valence-electron chi connectivity index (χ1n) is 11.0. The van der Waals surface area contributed by atoms with Crippen molar-refractivity contribution in [2.45, 2.75) is 32.4 Å². The van der Waals surface area contributed by atoms with Crippen LogP contribution in [0.2, 0.25) is 0 Å². The van der Waals surface area contributed by atoms with Gasteiger partial charge in [-0.15, -0.1) is 0 Å². The molecule has 2 aliphatic heterocycles. The fourth-order valence-corrected chi connectivity index (χ4v) is 4.63. The molecule has 1 aromatic carbocycles. The van der Waals surface area contributed by atoms with Gasteiger partial charge in [0.25, 0.3) is 0 Å². The molecule has 9 nitrogen and oxygen atoms in total. The summed E-state index contributed by atoms with van der Waals surface area (Å²) in [6.07, 6.45) is 6.39. The Morgan fingerprint density at radius 1 is 1.24 bits per heavy atom. The second kappa shape index (κ2) is 9.13. The van der Waals surface area contributed by atoms with Crippen LogP contribution in [0.1, 0.15) is 37.0 Å². The molecule has 2 atom stereocenters. The summed E-state index contributed by atoms with van der Waals surface area (Å²) in [5, 5.41) is 3.25. The summed E-state index contributed by atoms with van der Waals surface area (Å²) < 4.78 is 29.6. The molecule has 10 heteroatoms. The average Bonchev–Trinajstić information content (AvgIpc) is 3.25. The van der Waals surface area contributed by atoms with Gasteiger partial charge >= 0.3 is 0 Å². The summed E-state index contributed by atoms with van der Waals surface area (Å²) in [5.41, 5.74) is 5.26. The maximum atomic E-state index is 12.1. The molecule has 3 aromatic rings. The fraction of sp³-hybridized carbons (Fsp3) is 0.292. The van der Waals surface area contributed by atoms with Gasteiger partial charge in [-0.2, -0.15) is 0 Å². The lowest BCUT2D eigenvalue weighted by molar-refractivity contribution is -0.117. The number of rotatable bonds is 6. The third-order valence-electron chi connectivity index (χ3n) is 6.05. The van der Waals surface area contributed by atoms with Crippen LogP contribution >= 0.6 is 0 Å². The molecular weight excluding hydrogens is 454 g/mol. The van der Waals surface area contributed by atoms with Gasteiger partial charge in [0.2, 0.25) is 5.91 Å². The van der Waals surface area contributed by atoms with Crippen LogP contribution in [-0.2, 0) is 22.6 Å². The highest BCUT2D eigenvalue weighted by Gasteiger charge is 2.27. The Bertz CT molecular complexity index is 1280. The summed E-state index contributed by atoms with van der Waals surface area (Å²) in [5.74, 6) is 1.53. The molecular formula is C24H24N5O4S-. The van der Waals surface area contributed by atoms with Crippen molar-refractivity contribution in [3.05, 3.63) is 60.0 Å². The van der Waals surface area contributed by atoms with E-state index in [4.69, 9.17) is 4.74 Å². The number of nitrogens with one attached hydrogen (secondary N) is 1. The Morgan fingerprint density at radius 2 is 2.09 bits per heavy atom. The van der Waals surface area contributed by atoms with Crippen molar-refractivity contribution in [3.8, 4) is 16.9 Å². The number of aromatic nitrogens is 2. The van der Waals surface area contributed by atoms with Gasteiger partial charge in [0, 0.05) is 71.6 Å². The highest BCUT2D eigenvalue weighted by molar-refractivity contribution is 7.76. The van der Waals surface area contributed by atoms with Crippen LogP contribution in [-0.4, -0.2) is 42.5 Å². The van der Waals surface area contributed by atoms with Crippen LogP contribution in [0.15, 0.2) is 48.9 Å². The number of anilines is 3. The number of benzene rings is 1. The van der Waals surface area contributed by atoms with Crippen LogP contribution < -0.4 is 15.0 Å². The number of carbonyl (C=O) groups is 1. The molecule has 2 aliphatic rings. The molecule has 5 rings (SSSR count). The maximum absolute atomic E-state index is 12.1. The largest absolute Gasteiger partial charge is 0.760 e. The van der Waals surface area contributed by atoms with Gasteiger partial charge in [-0.05, 0) is 50.2 Å². The molecule has 1 N–H and O–H groups in total. The number of nitrogens with zero attached hydrogens (tertiary/aromatic N) is 4. The molecule has 0 radical (unpaired) electrons. The lowest BCUT2D eigenvalue weighted by Crippen LogP contribution is -2.24. The average molecular weight is 479 g/mol. The summed E-state index contributed by atoms with van der Waals surface area (Å²) in [6.45, 7) is 2.95. The van der Waals surface area contributed by atoms with Crippen LogP contribution in [0.4, 0.5) is 17.2 Å². The van der Waals surface area contributed by atoms with E-state index >= 15 is 0 Å². The Hall–Kier alpha value is -3.34. The van der Waals surface area contributed by atoms with Gasteiger partial charge in [0.05, 0.1) is 11.9 Å². The molecule has 0 saturated carbocycles. The van der Waals surface area contributed by atoms with Gasteiger partial charge in [-0.1, -0.05) is 0 Å². The van der Waals surface area contributed by atoms with Crippen molar-refractivity contribution in [2.24, 2.45) is 0 Å². The van der Waals surface area contributed by atoms with E-state index in [1.165, 1.54) is 11.4 Å². The third kappa shape index (κ3) is 4.39. The van der Waals surface area contributed by atoms with Gasteiger partial charge < -0.3 is 19.5 Å². The van der Waals surface area contributed by atoms with Gasteiger partial charge in [0.15, 0.2) is 0 Å². The number of pyridine rings is 2. The number of fused-ring (bicyclic) bond motifs is 3. The van der Waals surface area contributed by atoms with E-state index in [2.05, 4.69) is 15.3 Å². The maximum Gasteiger partial charge on any atom is 0.227 e. The zero-order chi connectivity index (χ0) is 23.8. The first-order chi connectivity index (χ1) is 16.4. The van der Waals surface area contributed by atoms with Crippen LogP contribution in [0.25, 0.3) is 11.1 Å². The summed E-state index contributed by atoms with van der Waals surface area (Å²) in [7, 11) is 1.50. The summed E-state index contributed by atoms with van der Waals surface area (Å²) in [4.78, 5) is 22.7. The first kappa shape index (κ1) is 22.5. The highest BCUT2D eigenvalue weighted by Crippen LogP contribution is 2.44. The highest BCUT2D eigenvalue weighted by atomic mass is 32.2. The van der Waals surface area contributed by atoms with E-state index in [1.807, 2.05) is 48.4 Å². The van der Waals surface area contributed by atoms with Crippen molar-refractivity contribution >= 4 is 34.4 Å². The molecule has 34 heavy (non-hydrogen) atoms. The standard InChI is InChI=1S/C24H25N5O4S/c1-15-20-10-23(27-17-8-16(11-25-12-17)14-28(2)34(31)32)26-13-21(20)19-6-5-18(9-22(19)33-15)29-7-3-4-24(29)30/h5-6,8-13,15H,3-4,7,14H2,1-2H3,(H,26,27)(H,31,32)/p-1. The zero-order valence-electron chi connectivity index (χ0n) is 18.9. The number of carbonyl (C=O) groups excluding carboxylic acids is 1. The number of hydrogen-bond donors (Lipinski definition) is 1. The van der Waals surface area contributed by atoms with Crippen LogP contribution in [0.5, 0.6) is 5.75 Å². The topological polar surface area (TPSA) is 111 Å². The molecule has 176 valence electrons. The molecule has 2 aromatic heterocycles. The number of amides is 1. The minimum Gasteiger partial charge on any atom is -0.760 e. The smallest absolute Gasteiger partial charge is 0.227 e. The predicted molar refractivity (Wildman–Crippen MR) is 128 cm³/mol. The summed E-state index contributed by atoms with van der Waals surface area (Å²) in [6, 6.07) is 9.67. The van der Waals surface area contributed by atoms with E-state index in [1.54, 1.807) is 12.4 Å². The molecule has 0 bridgehead atoms. The van der Waals surface area contributed by atoms with Crippen molar-refractivity contribution < 1.29 is 18.3 Å². The number of ether oxygens (including phenoxy) is 1. The van der Waals surface area contributed by atoms with Gasteiger partial charge in [0.1, 0.15) is 17.7 Å². The first-order valence-corrected chi connectivity index (χ1v) is 12.0. The molecule has 1 fully saturated rings. The minimum absolute atomic E-state index is 0.146. The van der Waals surface area contributed by atoms with Crippen molar-refractivity contribution in [1.29, 1.82) is 0 Å². The molecule has 1 saturated heterocycles. The summed E-state index contributed by atoms with van der Waals surface area (Å²) >= 11 is -2.29. The van der Waals surface area contributed by atoms with E-state index in [0.717, 1.165) is 46.7 Å². The van der Waals surface area contributed by atoms with E-state index in [-0.39, 0.29) is 18.6 Å². The van der Waals surface area contributed by atoms with Gasteiger partial charge in [-0.25, -0.2) is 9.29 Å². The Kier molecular flexibility index (Phi) is 6.03. The normalized spacial score (nSPS) is 17.8. The van der Waals surface area contributed by atoms with Crippen LogP contribution in [0.3, 0.4) is 0 Å². The van der Waals surface area contributed by atoms with Crippen molar-refractivity contribution in [1.82, 2.24) is 14.3 Å². The lowest BCUT2D eigenvalue weighted by Gasteiger charge is -2.28. The molecule has 0 spiro atoms. The molecule has 4 heterocycles. The second-order valence-corrected chi connectivity index (χ2v) is 9.51. The SMILES string of the molecule is CC1Oc2cc(N3CCCC3=O)ccc2-c2cnc(Nc3cncc(CN(C)S(=O)[O-])c3)cc21. The Balaban J connectivity index is 1.39. The lowest BCUT2D eigenvalue weighted by atomic mass is 9.94. The number of hydrogen-bond acceptors (Lipinski definition) is 7. The van der Waals surface area contributed by atoms with Crippen LogP contribution in [0, 0.1) is 0 Å². The molecule has 0 aliphatic carbocycles. The predicted octanol–water partition coefficient (Wildman–Crippen LogP) is 3.69. The molecule has 2 unspecified atom stereocenters. The Labute approximate surface area is 200 Å². The Morgan fingerprint density at radius 3 is 2.85 bits per heavy atom. The van der Waals surface area contributed by atoms with E-state index in [0.29, 0.717) is 17.9 Å². The van der Waals surface area contributed by atoms with Gasteiger partial charge in [-0.3, -0.25) is 14.0 Å². The third-order valence-corrected chi connectivity index (χ3v) is 6.68. The monoisotopic (exact) mass is 478 g/mol. The zero-order valence-corrected chi connectivity index (χ0v) is 19.7. The van der Waals surface area contributed by atoms with E-state index < -0.39 is 11.3 Å². The quantitative estimate of drug-likeness (QED) is 0.538. The minimum atomic E-state index is -2.29. The van der Waals surface area contributed by atoms with Crippen molar-refractivity contribution in [2.75, 3.05) is 23.8 Å². The van der Waals surface area contributed by atoms with E-state index in [9.17, 15) is 13.6 Å². The fourth-order valence-electron chi connectivity index (χ4n) is 4.37. The van der Waals surface area contributed by atoms with Crippen molar-refractivity contribution in [3.63, 3.8) is 0 Å². The molecule has 1 amide bonds. The second-order valence-electron chi connectivity index (χ2n) is 8.46.